The van der Waals surface area contributed by atoms with E-state index in [1.807, 2.05) is 6.07 Å². The Morgan fingerprint density at radius 1 is 0.333 bits per heavy atom. The molecule has 250 valence electrons. The molecule has 0 aliphatic heterocycles. The maximum atomic E-state index is 5.46. The summed E-state index contributed by atoms with van der Waals surface area (Å²) in [5, 5.41) is 8.40. The number of hydrogen-bond acceptors (Lipinski definition) is 2. The summed E-state index contributed by atoms with van der Waals surface area (Å²) in [6, 6.07) is 65.3. The number of para-hydroxylation sites is 3. The first-order valence-electron chi connectivity index (χ1n) is 18.4. The largest absolute Gasteiger partial charge is 0.308 e. The van der Waals surface area contributed by atoms with Gasteiger partial charge in [0.25, 0.3) is 0 Å². The van der Waals surface area contributed by atoms with E-state index in [9.17, 15) is 0 Å². The first-order chi connectivity index (χ1) is 26.8. The molecule has 0 unspecified atom stereocenters. The Labute approximate surface area is 310 Å². The minimum absolute atomic E-state index is 0.709. The van der Waals surface area contributed by atoms with Gasteiger partial charge in [-0.1, -0.05) is 133 Å². The zero-order valence-electron chi connectivity index (χ0n) is 29.1. The maximum absolute atomic E-state index is 5.46. The predicted molar refractivity (Wildman–Crippen MR) is 225 cm³/mol. The highest BCUT2D eigenvalue weighted by Crippen LogP contribution is 2.47. The van der Waals surface area contributed by atoms with Gasteiger partial charge in [-0.25, -0.2) is 9.97 Å². The fourth-order valence-corrected chi connectivity index (χ4v) is 8.86. The molecule has 0 saturated heterocycles. The smallest absolute Gasteiger partial charge is 0.162 e. The van der Waals surface area contributed by atoms with Crippen LogP contribution in [0.15, 0.2) is 182 Å². The average molecular weight is 687 g/mol. The van der Waals surface area contributed by atoms with E-state index in [0.717, 1.165) is 33.3 Å². The molecule has 0 saturated carbocycles. The summed E-state index contributed by atoms with van der Waals surface area (Å²) in [5.41, 5.74) is 12.6. The van der Waals surface area contributed by atoms with Gasteiger partial charge in [-0.05, 0) is 70.8 Å². The Morgan fingerprint density at radius 3 is 1.72 bits per heavy atom. The van der Waals surface area contributed by atoms with Crippen molar-refractivity contribution in [3.8, 4) is 39.5 Å². The van der Waals surface area contributed by atoms with Crippen LogP contribution in [0.4, 0.5) is 0 Å². The van der Waals surface area contributed by atoms with Crippen LogP contribution in [0.1, 0.15) is 0 Å². The lowest BCUT2D eigenvalue weighted by Gasteiger charge is -2.13. The van der Waals surface area contributed by atoms with E-state index in [-0.39, 0.29) is 0 Å². The van der Waals surface area contributed by atoms with Crippen molar-refractivity contribution in [2.24, 2.45) is 0 Å². The van der Waals surface area contributed by atoms with Crippen LogP contribution in [0.25, 0.3) is 110 Å². The van der Waals surface area contributed by atoms with Gasteiger partial charge in [0.2, 0.25) is 0 Å². The van der Waals surface area contributed by atoms with Gasteiger partial charge in [0.1, 0.15) is 5.82 Å². The van der Waals surface area contributed by atoms with E-state index in [1.54, 1.807) is 0 Å². The van der Waals surface area contributed by atoms with Crippen LogP contribution in [0.3, 0.4) is 0 Å². The molecule has 0 amide bonds. The third-order valence-electron chi connectivity index (χ3n) is 11.2. The van der Waals surface area contributed by atoms with Crippen molar-refractivity contribution in [3.63, 3.8) is 0 Å². The fourth-order valence-electron chi connectivity index (χ4n) is 8.86. The average Bonchev–Trinajstić information content (AvgIpc) is 3.88. The Kier molecular flexibility index (Phi) is 6.02. The highest BCUT2D eigenvalue weighted by Gasteiger charge is 2.26. The fraction of sp³-hybridized carbons (Fsp3) is 0. The van der Waals surface area contributed by atoms with Crippen molar-refractivity contribution in [3.05, 3.63) is 182 Å². The Bertz CT molecular complexity index is 3430. The number of aromatic nitrogens is 4. The highest BCUT2D eigenvalue weighted by atomic mass is 15.1. The van der Waals surface area contributed by atoms with Gasteiger partial charge in [-0.3, -0.25) is 4.57 Å². The number of benzene rings is 8. The van der Waals surface area contributed by atoms with Crippen molar-refractivity contribution < 1.29 is 0 Å². The minimum Gasteiger partial charge on any atom is -0.308 e. The van der Waals surface area contributed by atoms with Crippen molar-refractivity contribution in [1.29, 1.82) is 0 Å². The van der Waals surface area contributed by atoms with Gasteiger partial charge >= 0.3 is 0 Å². The van der Waals surface area contributed by atoms with E-state index >= 15 is 0 Å². The van der Waals surface area contributed by atoms with E-state index in [2.05, 4.69) is 185 Å². The third-order valence-corrected chi connectivity index (χ3v) is 11.2. The molecule has 0 aliphatic rings. The van der Waals surface area contributed by atoms with Gasteiger partial charge < -0.3 is 4.40 Å². The van der Waals surface area contributed by atoms with Crippen molar-refractivity contribution in [1.82, 2.24) is 18.9 Å². The molecule has 0 aliphatic carbocycles. The van der Waals surface area contributed by atoms with E-state index in [1.165, 1.54) is 71.1 Å². The molecule has 4 aromatic heterocycles. The van der Waals surface area contributed by atoms with Crippen molar-refractivity contribution >= 4 is 70.8 Å². The number of hydrogen-bond donors (Lipinski definition) is 0. The monoisotopic (exact) mass is 686 g/mol. The maximum Gasteiger partial charge on any atom is 0.162 e. The molecule has 12 rings (SSSR count). The van der Waals surface area contributed by atoms with E-state index in [0.29, 0.717) is 5.82 Å². The van der Waals surface area contributed by atoms with Crippen LogP contribution in [0.5, 0.6) is 0 Å². The molecule has 4 heterocycles. The zero-order chi connectivity index (χ0) is 35.3. The lowest BCUT2D eigenvalue weighted by molar-refractivity contribution is 1.08. The summed E-state index contributed by atoms with van der Waals surface area (Å²) in [7, 11) is 0. The molecule has 0 atom stereocenters. The van der Waals surface area contributed by atoms with Gasteiger partial charge in [-0.2, -0.15) is 0 Å². The zero-order valence-corrected chi connectivity index (χ0v) is 29.1. The summed E-state index contributed by atoms with van der Waals surface area (Å²) in [4.78, 5) is 10.6. The number of rotatable bonds is 4. The molecule has 0 spiro atoms. The van der Waals surface area contributed by atoms with Crippen LogP contribution in [0.2, 0.25) is 0 Å². The summed E-state index contributed by atoms with van der Waals surface area (Å²) in [6.45, 7) is 0. The summed E-state index contributed by atoms with van der Waals surface area (Å²) < 4.78 is 4.88. The molecular weight excluding hydrogens is 657 g/mol. The number of fused-ring (bicyclic) bond motifs is 11. The van der Waals surface area contributed by atoms with Crippen LogP contribution < -0.4 is 0 Å². The van der Waals surface area contributed by atoms with Crippen LogP contribution in [-0.4, -0.2) is 18.9 Å². The second-order valence-electron chi connectivity index (χ2n) is 14.2. The quantitative estimate of drug-likeness (QED) is 0.185. The molecule has 4 heteroatoms. The SMILES string of the molecule is c1ccc(-c2cccc(-c3ccc4c(c3)c3cc5c6ccccc6n6c7ccccc7c(c3n4-c3nc(-c4ccccc4)nc4ccccc34)c56)c2)cc1. The van der Waals surface area contributed by atoms with Crippen LogP contribution in [0, 0.1) is 0 Å². The Morgan fingerprint density at radius 2 is 0.926 bits per heavy atom. The normalized spacial score (nSPS) is 12.1. The molecule has 0 radical (unpaired) electrons. The molecule has 0 bridgehead atoms. The predicted octanol–water partition coefficient (Wildman–Crippen LogP) is 12.9. The molecule has 0 fully saturated rings. The molecule has 12 aromatic rings. The van der Waals surface area contributed by atoms with E-state index in [4.69, 9.17) is 9.97 Å². The summed E-state index contributed by atoms with van der Waals surface area (Å²) in [5.74, 6) is 1.58. The summed E-state index contributed by atoms with van der Waals surface area (Å²) in [6.07, 6.45) is 0. The third kappa shape index (κ3) is 4.08. The van der Waals surface area contributed by atoms with Crippen molar-refractivity contribution in [2.75, 3.05) is 0 Å². The molecule has 8 aromatic carbocycles. The minimum atomic E-state index is 0.709. The topological polar surface area (TPSA) is 35.1 Å². The Hall–Kier alpha value is -7.30. The first kappa shape index (κ1) is 29.3. The van der Waals surface area contributed by atoms with Gasteiger partial charge in [0.05, 0.1) is 33.1 Å². The standard InChI is InChI=1S/C50H30N4/c1-3-14-31(15-4-1)33-18-13-19-34(28-33)35-26-27-45-39(29-35)41-30-40-36-20-8-11-24-43(36)53-44-25-12-9-22-38(44)46(47(40)53)48(41)54(45)50-37-21-7-10-23-42(37)51-49(52-50)32-16-5-2-6-17-32/h1-30H. The second-order valence-corrected chi connectivity index (χ2v) is 14.2. The Balaban J connectivity index is 1.26. The van der Waals surface area contributed by atoms with Gasteiger partial charge in [0.15, 0.2) is 5.82 Å². The lowest BCUT2D eigenvalue weighted by Crippen LogP contribution is -2.03. The molecule has 54 heavy (non-hydrogen) atoms. The molecule has 0 N–H and O–H groups in total. The van der Waals surface area contributed by atoms with Crippen LogP contribution >= 0.6 is 0 Å². The summed E-state index contributed by atoms with van der Waals surface area (Å²) >= 11 is 0. The van der Waals surface area contributed by atoms with Gasteiger partial charge in [-0.15, -0.1) is 0 Å². The van der Waals surface area contributed by atoms with Gasteiger partial charge in [0, 0.05) is 43.3 Å². The second kappa shape index (κ2) is 11.1. The lowest BCUT2D eigenvalue weighted by atomic mass is 9.97. The number of nitrogens with zero attached hydrogens (tertiary/aromatic N) is 4. The highest BCUT2D eigenvalue weighted by molar-refractivity contribution is 6.34. The first-order valence-corrected chi connectivity index (χ1v) is 18.4. The van der Waals surface area contributed by atoms with Crippen LogP contribution in [-0.2, 0) is 0 Å². The van der Waals surface area contributed by atoms with E-state index < -0.39 is 0 Å². The molecular formula is C50H30N4. The van der Waals surface area contributed by atoms with Crippen molar-refractivity contribution in [2.45, 2.75) is 0 Å². The molecule has 4 nitrogen and oxygen atoms in total.